The molecule has 0 unspecified atom stereocenters. The molecule has 4 aromatic rings. The Bertz CT molecular complexity index is 1020. The third-order valence-corrected chi connectivity index (χ3v) is 5.62. The molecule has 1 N–H and O–H groups in total. The Morgan fingerprint density at radius 1 is 0.923 bits per heavy atom. The molecule has 0 aliphatic carbocycles. The summed E-state index contributed by atoms with van der Waals surface area (Å²) in [6.07, 6.45) is 0. The minimum Gasteiger partial charge on any atom is -0.237 e. The van der Waals surface area contributed by atoms with Gasteiger partial charge in [-0.2, -0.15) is 0 Å². The number of thiazole rings is 1. The van der Waals surface area contributed by atoms with E-state index in [2.05, 4.69) is 20.6 Å². The zero-order valence-corrected chi connectivity index (χ0v) is 16.2. The number of halogens is 2. The first kappa shape index (κ1) is 17.1. The van der Waals surface area contributed by atoms with Crippen molar-refractivity contribution in [2.45, 2.75) is 13.8 Å². The van der Waals surface area contributed by atoms with Crippen molar-refractivity contribution in [3.8, 4) is 32.5 Å². The minimum atomic E-state index is 0.542. The van der Waals surface area contributed by atoms with Gasteiger partial charge < -0.3 is 0 Å². The molecule has 0 saturated heterocycles. The summed E-state index contributed by atoms with van der Waals surface area (Å²) in [5.74, 6) is 0.542. The first-order valence-corrected chi connectivity index (χ1v) is 9.38. The maximum absolute atomic E-state index is 6.13. The third-order valence-electron chi connectivity index (χ3n) is 4.05. The largest absolute Gasteiger partial charge is 0.237 e. The average Bonchev–Trinajstić information content (AvgIpc) is 3.24. The van der Waals surface area contributed by atoms with Crippen LogP contribution in [0.2, 0.25) is 10.0 Å². The quantitative estimate of drug-likeness (QED) is 0.486. The molecule has 0 fully saturated rings. The van der Waals surface area contributed by atoms with Crippen molar-refractivity contribution in [2.24, 2.45) is 0 Å². The molecule has 130 valence electrons. The van der Waals surface area contributed by atoms with Crippen LogP contribution < -0.4 is 0 Å². The van der Waals surface area contributed by atoms with Crippen LogP contribution in [-0.4, -0.2) is 25.6 Å². The van der Waals surface area contributed by atoms with Crippen LogP contribution in [0.25, 0.3) is 32.5 Å². The van der Waals surface area contributed by atoms with Crippen LogP contribution >= 0.6 is 34.5 Å². The van der Waals surface area contributed by atoms with E-state index in [1.807, 2.05) is 50.2 Å². The predicted molar refractivity (Wildman–Crippen MR) is 106 cm³/mol. The van der Waals surface area contributed by atoms with E-state index in [1.165, 1.54) is 11.3 Å². The number of tetrazole rings is 1. The van der Waals surface area contributed by atoms with Crippen molar-refractivity contribution in [1.82, 2.24) is 25.6 Å². The van der Waals surface area contributed by atoms with Gasteiger partial charge in [-0.3, -0.25) is 0 Å². The SMILES string of the molecule is Cc1cc(Cl)ccc1-c1nc(-c2nnn[nH]2)sc1-c1ccc(Cl)cc1C. The number of nitrogens with one attached hydrogen (secondary N) is 1. The zero-order valence-electron chi connectivity index (χ0n) is 13.9. The van der Waals surface area contributed by atoms with Crippen LogP contribution in [0.1, 0.15) is 11.1 Å². The summed E-state index contributed by atoms with van der Waals surface area (Å²) in [5.41, 5.74) is 5.11. The highest BCUT2D eigenvalue weighted by molar-refractivity contribution is 7.18. The third kappa shape index (κ3) is 3.11. The van der Waals surface area contributed by atoms with Gasteiger partial charge in [-0.05, 0) is 65.2 Å². The molecule has 2 heterocycles. The van der Waals surface area contributed by atoms with Gasteiger partial charge in [-0.15, -0.1) is 16.4 Å². The monoisotopic (exact) mass is 401 g/mol. The van der Waals surface area contributed by atoms with Crippen molar-refractivity contribution in [3.05, 3.63) is 57.6 Å². The number of hydrogen-bond donors (Lipinski definition) is 1. The number of H-pyrrole nitrogens is 1. The number of aryl methyl sites for hydroxylation is 2. The van der Waals surface area contributed by atoms with E-state index in [0.717, 1.165) is 37.8 Å². The molecule has 4 rings (SSSR count). The zero-order chi connectivity index (χ0) is 18.3. The van der Waals surface area contributed by atoms with Crippen LogP contribution in [0.15, 0.2) is 36.4 Å². The molecule has 2 aromatic heterocycles. The fourth-order valence-corrected chi connectivity index (χ4v) is 4.37. The van der Waals surface area contributed by atoms with Crippen LogP contribution in [0, 0.1) is 13.8 Å². The molecule has 0 aliphatic rings. The van der Waals surface area contributed by atoms with Crippen LogP contribution in [0.4, 0.5) is 0 Å². The average molecular weight is 402 g/mol. The highest BCUT2D eigenvalue weighted by Gasteiger charge is 2.20. The lowest BCUT2D eigenvalue weighted by molar-refractivity contribution is 0.881. The van der Waals surface area contributed by atoms with Crippen molar-refractivity contribution >= 4 is 34.5 Å². The van der Waals surface area contributed by atoms with Gasteiger partial charge in [-0.25, -0.2) is 10.1 Å². The Labute approximate surface area is 164 Å². The number of benzene rings is 2. The number of nitrogens with zero attached hydrogens (tertiary/aromatic N) is 4. The second-order valence-corrected chi connectivity index (χ2v) is 7.74. The molecule has 0 bridgehead atoms. The van der Waals surface area contributed by atoms with Gasteiger partial charge in [0, 0.05) is 15.6 Å². The van der Waals surface area contributed by atoms with Gasteiger partial charge in [0.1, 0.15) is 0 Å². The molecular formula is C18H13Cl2N5S. The smallest absolute Gasteiger partial charge is 0.208 e. The van der Waals surface area contributed by atoms with E-state index in [9.17, 15) is 0 Å². The van der Waals surface area contributed by atoms with Crippen molar-refractivity contribution < 1.29 is 0 Å². The summed E-state index contributed by atoms with van der Waals surface area (Å²) in [7, 11) is 0. The van der Waals surface area contributed by atoms with Gasteiger partial charge in [0.05, 0.1) is 10.6 Å². The van der Waals surface area contributed by atoms with E-state index in [-0.39, 0.29) is 0 Å². The Morgan fingerprint density at radius 3 is 2.15 bits per heavy atom. The first-order valence-electron chi connectivity index (χ1n) is 7.81. The summed E-state index contributed by atoms with van der Waals surface area (Å²) in [4.78, 5) is 5.86. The lowest BCUT2D eigenvalue weighted by Gasteiger charge is -2.09. The summed E-state index contributed by atoms with van der Waals surface area (Å²) in [6.45, 7) is 4.06. The molecule has 0 amide bonds. The highest BCUT2D eigenvalue weighted by Crippen LogP contribution is 2.42. The van der Waals surface area contributed by atoms with E-state index in [1.54, 1.807) is 0 Å². The van der Waals surface area contributed by atoms with Gasteiger partial charge in [0.25, 0.3) is 0 Å². The molecule has 0 atom stereocenters. The normalized spacial score (nSPS) is 11.1. The highest BCUT2D eigenvalue weighted by atomic mass is 35.5. The summed E-state index contributed by atoms with van der Waals surface area (Å²) < 4.78 is 0. The predicted octanol–water partition coefficient (Wildman–Crippen LogP) is 5.58. The van der Waals surface area contributed by atoms with E-state index >= 15 is 0 Å². The number of aromatic amines is 1. The van der Waals surface area contributed by atoms with E-state index in [4.69, 9.17) is 28.2 Å². The number of rotatable bonds is 3. The Balaban J connectivity index is 1.97. The van der Waals surface area contributed by atoms with Gasteiger partial charge >= 0.3 is 0 Å². The summed E-state index contributed by atoms with van der Waals surface area (Å²) in [6, 6.07) is 11.6. The van der Waals surface area contributed by atoms with E-state index < -0.39 is 0 Å². The Morgan fingerprint density at radius 2 is 1.58 bits per heavy atom. The topological polar surface area (TPSA) is 67.3 Å². The second kappa shape index (κ2) is 6.79. The van der Waals surface area contributed by atoms with E-state index in [0.29, 0.717) is 15.9 Å². The Hall–Kier alpha value is -2.28. The lowest BCUT2D eigenvalue weighted by Crippen LogP contribution is -1.88. The minimum absolute atomic E-state index is 0.542. The van der Waals surface area contributed by atoms with Gasteiger partial charge in [0.15, 0.2) is 5.01 Å². The molecule has 0 spiro atoms. The number of hydrogen-bond acceptors (Lipinski definition) is 5. The maximum atomic E-state index is 6.13. The molecular weight excluding hydrogens is 389 g/mol. The molecule has 5 nitrogen and oxygen atoms in total. The van der Waals surface area contributed by atoms with Crippen LogP contribution in [-0.2, 0) is 0 Å². The van der Waals surface area contributed by atoms with Crippen molar-refractivity contribution in [2.75, 3.05) is 0 Å². The fourth-order valence-electron chi connectivity index (χ4n) is 2.81. The maximum Gasteiger partial charge on any atom is 0.208 e. The Kier molecular flexibility index (Phi) is 4.48. The standard InChI is InChI=1S/C18H13Cl2N5S/c1-9-7-11(19)3-5-13(9)15-16(14-6-4-12(20)8-10(14)2)26-18(21-15)17-22-24-25-23-17/h3-8H,1-2H3,(H,22,23,24,25). The van der Waals surface area contributed by atoms with Crippen LogP contribution in [0.3, 0.4) is 0 Å². The lowest BCUT2D eigenvalue weighted by atomic mass is 10.0. The number of aromatic nitrogens is 5. The van der Waals surface area contributed by atoms with Gasteiger partial charge in [-0.1, -0.05) is 35.3 Å². The molecule has 8 heteroatoms. The molecule has 0 saturated carbocycles. The first-order chi connectivity index (χ1) is 12.5. The summed E-state index contributed by atoms with van der Waals surface area (Å²) >= 11 is 13.8. The molecule has 0 aliphatic heterocycles. The van der Waals surface area contributed by atoms with Crippen LogP contribution in [0.5, 0.6) is 0 Å². The molecule has 26 heavy (non-hydrogen) atoms. The van der Waals surface area contributed by atoms with Gasteiger partial charge in [0.2, 0.25) is 5.82 Å². The molecule has 2 aromatic carbocycles. The molecule has 0 radical (unpaired) electrons. The fraction of sp³-hybridized carbons (Fsp3) is 0.111. The van der Waals surface area contributed by atoms with Crippen molar-refractivity contribution in [3.63, 3.8) is 0 Å². The second-order valence-electron chi connectivity index (χ2n) is 5.87. The summed E-state index contributed by atoms with van der Waals surface area (Å²) in [5, 5.41) is 16.2. The van der Waals surface area contributed by atoms with Crippen molar-refractivity contribution in [1.29, 1.82) is 0 Å².